The van der Waals surface area contributed by atoms with Gasteiger partial charge in [-0.25, -0.2) is 18.5 Å². The van der Waals surface area contributed by atoms with E-state index in [4.69, 9.17) is 5.14 Å². The van der Waals surface area contributed by atoms with E-state index in [0.717, 1.165) is 19.3 Å². The summed E-state index contributed by atoms with van der Waals surface area (Å²) >= 11 is 0. The van der Waals surface area contributed by atoms with Crippen LogP contribution in [0.5, 0.6) is 0 Å². The molecule has 116 valence electrons. The number of benzene rings is 1. The summed E-state index contributed by atoms with van der Waals surface area (Å²) in [6.45, 7) is 0.649. The summed E-state index contributed by atoms with van der Waals surface area (Å²) in [6, 6.07) is 11.5. The SMILES string of the molecule is NS(=O)(=O)c1cccnc1NC[C@@H]1CCCc2ccccc21. The maximum absolute atomic E-state index is 11.6. The Morgan fingerprint density at radius 1 is 1.23 bits per heavy atom. The number of nitrogens with zero attached hydrogens (tertiary/aromatic N) is 1. The van der Waals surface area contributed by atoms with E-state index in [-0.39, 0.29) is 4.90 Å². The van der Waals surface area contributed by atoms with E-state index in [0.29, 0.717) is 18.3 Å². The Morgan fingerprint density at radius 3 is 2.86 bits per heavy atom. The largest absolute Gasteiger partial charge is 0.368 e. The zero-order chi connectivity index (χ0) is 15.6. The summed E-state index contributed by atoms with van der Waals surface area (Å²) in [6.07, 6.45) is 4.90. The maximum Gasteiger partial charge on any atom is 0.241 e. The molecule has 0 saturated carbocycles. The van der Waals surface area contributed by atoms with Gasteiger partial charge in [0.2, 0.25) is 10.0 Å². The van der Waals surface area contributed by atoms with Crippen molar-refractivity contribution in [1.82, 2.24) is 4.98 Å². The number of aryl methyl sites for hydroxylation is 1. The number of hydrogen-bond donors (Lipinski definition) is 2. The molecule has 0 spiro atoms. The van der Waals surface area contributed by atoms with Crippen molar-refractivity contribution >= 4 is 15.8 Å². The van der Waals surface area contributed by atoms with Crippen molar-refractivity contribution < 1.29 is 8.42 Å². The molecule has 0 amide bonds. The van der Waals surface area contributed by atoms with Crippen LogP contribution in [0.3, 0.4) is 0 Å². The van der Waals surface area contributed by atoms with E-state index in [9.17, 15) is 8.42 Å². The normalized spacial score (nSPS) is 17.8. The number of pyridine rings is 1. The van der Waals surface area contributed by atoms with Gasteiger partial charge in [-0.2, -0.15) is 0 Å². The van der Waals surface area contributed by atoms with Crippen LogP contribution in [0.15, 0.2) is 47.5 Å². The molecule has 0 fully saturated rings. The van der Waals surface area contributed by atoms with Crippen molar-refractivity contribution in [2.75, 3.05) is 11.9 Å². The minimum atomic E-state index is -3.77. The molecule has 1 aromatic carbocycles. The number of rotatable bonds is 4. The molecule has 1 aliphatic carbocycles. The summed E-state index contributed by atoms with van der Waals surface area (Å²) in [5.41, 5.74) is 2.72. The van der Waals surface area contributed by atoms with Gasteiger partial charge in [-0.3, -0.25) is 0 Å². The second-order valence-corrected chi connectivity index (χ2v) is 7.09. The molecular weight excluding hydrogens is 298 g/mol. The van der Waals surface area contributed by atoms with Crippen molar-refractivity contribution in [1.29, 1.82) is 0 Å². The van der Waals surface area contributed by atoms with E-state index in [1.807, 2.05) is 6.07 Å². The number of nitrogens with two attached hydrogens (primary N) is 1. The molecule has 1 heterocycles. The van der Waals surface area contributed by atoms with Gasteiger partial charge in [-0.1, -0.05) is 24.3 Å². The van der Waals surface area contributed by atoms with Gasteiger partial charge in [-0.05, 0) is 42.5 Å². The first kappa shape index (κ1) is 15.0. The van der Waals surface area contributed by atoms with E-state index in [1.54, 1.807) is 12.3 Å². The van der Waals surface area contributed by atoms with Crippen molar-refractivity contribution in [3.63, 3.8) is 0 Å². The van der Waals surface area contributed by atoms with Crippen LogP contribution in [-0.2, 0) is 16.4 Å². The number of hydrogen-bond acceptors (Lipinski definition) is 4. The Morgan fingerprint density at radius 2 is 2.05 bits per heavy atom. The highest BCUT2D eigenvalue weighted by Gasteiger charge is 2.21. The monoisotopic (exact) mass is 317 g/mol. The lowest BCUT2D eigenvalue weighted by molar-refractivity contribution is 0.570. The van der Waals surface area contributed by atoms with E-state index >= 15 is 0 Å². The molecule has 0 bridgehead atoms. The molecule has 0 unspecified atom stereocenters. The molecule has 3 rings (SSSR count). The Labute approximate surface area is 130 Å². The fourth-order valence-corrected chi connectivity index (χ4v) is 3.70. The zero-order valence-corrected chi connectivity index (χ0v) is 13.0. The van der Waals surface area contributed by atoms with Crippen LogP contribution in [0, 0.1) is 0 Å². The average Bonchev–Trinajstić information content (AvgIpc) is 2.52. The quantitative estimate of drug-likeness (QED) is 0.906. The Kier molecular flexibility index (Phi) is 4.13. The first-order valence-electron chi connectivity index (χ1n) is 7.35. The second-order valence-electron chi connectivity index (χ2n) is 5.56. The van der Waals surface area contributed by atoms with Gasteiger partial charge >= 0.3 is 0 Å². The zero-order valence-electron chi connectivity index (χ0n) is 12.2. The van der Waals surface area contributed by atoms with Crippen molar-refractivity contribution in [2.45, 2.75) is 30.1 Å². The van der Waals surface area contributed by atoms with Crippen LogP contribution in [-0.4, -0.2) is 19.9 Å². The fourth-order valence-electron chi connectivity index (χ4n) is 3.04. The van der Waals surface area contributed by atoms with E-state index in [2.05, 4.69) is 28.5 Å². The van der Waals surface area contributed by atoms with Gasteiger partial charge in [-0.15, -0.1) is 0 Å². The lowest BCUT2D eigenvalue weighted by Gasteiger charge is -2.26. The van der Waals surface area contributed by atoms with Crippen LogP contribution >= 0.6 is 0 Å². The average molecular weight is 317 g/mol. The van der Waals surface area contributed by atoms with Crippen LogP contribution in [0.25, 0.3) is 0 Å². The molecule has 6 heteroatoms. The molecule has 3 N–H and O–H groups in total. The molecule has 0 saturated heterocycles. The molecule has 1 atom stereocenters. The molecule has 5 nitrogen and oxygen atoms in total. The van der Waals surface area contributed by atoms with Crippen LogP contribution in [0.4, 0.5) is 5.82 Å². The summed E-state index contributed by atoms with van der Waals surface area (Å²) < 4.78 is 23.2. The molecule has 2 aromatic rings. The first-order valence-corrected chi connectivity index (χ1v) is 8.90. The van der Waals surface area contributed by atoms with Gasteiger partial charge in [0.15, 0.2) is 0 Å². The topological polar surface area (TPSA) is 85.1 Å². The lowest BCUT2D eigenvalue weighted by atomic mass is 9.83. The number of sulfonamides is 1. The highest BCUT2D eigenvalue weighted by Crippen LogP contribution is 2.31. The predicted molar refractivity (Wildman–Crippen MR) is 86.2 cm³/mol. The van der Waals surface area contributed by atoms with Gasteiger partial charge in [0, 0.05) is 18.7 Å². The number of primary sulfonamides is 1. The molecule has 1 aliphatic rings. The third kappa shape index (κ3) is 3.13. The van der Waals surface area contributed by atoms with E-state index < -0.39 is 10.0 Å². The van der Waals surface area contributed by atoms with E-state index in [1.165, 1.54) is 17.2 Å². The van der Waals surface area contributed by atoms with Crippen LogP contribution in [0.2, 0.25) is 0 Å². The lowest BCUT2D eigenvalue weighted by Crippen LogP contribution is -2.21. The molecule has 1 aromatic heterocycles. The minimum Gasteiger partial charge on any atom is -0.368 e. The highest BCUT2D eigenvalue weighted by molar-refractivity contribution is 7.89. The Hall–Kier alpha value is -1.92. The smallest absolute Gasteiger partial charge is 0.241 e. The summed E-state index contributed by atoms with van der Waals surface area (Å²) in [5, 5.41) is 8.40. The summed E-state index contributed by atoms with van der Waals surface area (Å²) in [5.74, 6) is 0.688. The second kappa shape index (κ2) is 6.06. The third-order valence-corrected chi connectivity index (χ3v) is 5.03. The molecule has 22 heavy (non-hydrogen) atoms. The maximum atomic E-state index is 11.6. The minimum absolute atomic E-state index is 0.0408. The van der Waals surface area contributed by atoms with Gasteiger partial charge < -0.3 is 5.32 Å². The van der Waals surface area contributed by atoms with Crippen molar-refractivity contribution in [3.05, 3.63) is 53.7 Å². The van der Waals surface area contributed by atoms with Crippen LogP contribution in [0.1, 0.15) is 29.9 Å². The fraction of sp³-hybridized carbons (Fsp3) is 0.312. The number of fused-ring (bicyclic) bond motifs is 1. The molecule has 0 radical (unpaired) electrons. The molecular formula is C16H19N3O2S. The number of nitrogens with one attached hydrogen (secondary N) is 1. The number of anilines is 1. The highest BCUT2D eigenvalue weighted by atomic mass is 32.2. The first-order chi connectivity index (χ1) is 10.6. The number of aromatic nitrogens is 1. The Balaban J connectivity index is 1.80. The van der Waals surface area contributed by atoms with Gasteiger partial charge in [0.1, 0.15) is 10.7 Å². The van der Waals surface area contributed by atoms with Crippen molar-refractivity contribution in [3.8, 4) is 0 Å². The molecule has 0 aliphatic heterocycles. The summed E-state index contributed by atoms with van der Waals surface area (Å²) in [7, 11) is -3.77. The summed E-state index contributed by atoms with van der Waals surface area (Å²) in [4.78, 5) is 4.16. The van der Waals surface area contributed by atoms with Gasteiger partial charge in [0.25, 0.3) is 0 Å². The van der Waals surface area contributed by atoms with Crippen molar-refractivity contribution in [2.24, 2.45) is 5.14 Å². The standard InChI is InChI=1S/C16H19N3O2S/c17-22(20,21)15-9-4-10-18-16(15)19-11-13-7-3-6-12-5-1-2-8-14(12)13/h1-2,4-5,8-10,13H,3,6-7,11H2,(H,18,19)(H2,17,20,21)/t13-/m0/s1. The third-order valence-electron chi connectivity index (χ3n) is 4.09. The Bertz CT molecular complexity index is 774. The predicted octanol–water partition coefficient (Wildman–Crippen LogP) is 2.26. The van der Waals surface area contributed by atoms with Gasteiger partial charge in [0.05, 0.1) is 0 Å². The van der Waals surface area contributed by atoms with Crippen LogP contribution < -0.4 is 10.5 Å².